The molecule has 33 nitrogen and oxygen atoms in total. The van der Waals surface area contributed by atoms with Crippen molar-refractivity contribution in [1.82, 2.24) is 0 Å². The van der Waals surface area contributed by atoms with E-state index >= 15 is 0 Å². The largest absolute Gasteiger partial charge is 0.459 e. The van der Waals surface area contributed by atoms with Crippen molar-refractivity contribution >= 4 is 112 Å². The number of esters is 12. The first-order chi connectivity index (χ1) is 58.0. The molecule has 0 radical (unpaired) electrons. The van der Waals surface area contributed by atoms with Crippen LogP contribution < -0.4 is 0 Å². The summed E-state index contributed by atoms with van der Waals surface area (Å²) in [5.74, 6) is -14.2. The van der Waals surface area contributed by atoms with Crippen molar-refractivity contribution in [3.8, 4) is 0 Å². The topological polar surface area (TPSA) is 413 Å². The van der Waals surface area contributed by atoms with Crippen molar-refractivity contribution in [1.29, 1.82) is 5.41 Å². The molecular formula is C85H80Cl3NO32. The molecule has 36 heteroatoms. The molecule has 4 heterocycles. The summed E-state index contributed by atoms with van der Waals surface area (Å²) in [6.07, 6.45) is -40.5. The number of benzene rings is 7. The molecule has 4 fully saturated rings. The highest BCUT2D eigenvalue weighted by Crippen LogP contribution is 2.41. The molecule has 7 aromatic rings. The number of nitrogens with one attached hydrogen (secondary N) is 1. The van der Waals surface area contributed by atoms with E-state index in [9.17, 15) is 57.5 Å². The predicted molar refractivity (Wildman–Crippen MR) is 415 cm³/mol. The summed E-state index contributed by atoms with van der Waals surface area (Å²) >= 11 is 18.8. The number of hydrogen-bond acceptors (Lipinski definition) is 33. The summed E-state index contributed by atoms with van der Waals surface area (Å²) in [5.41, 5.74) is -0.582. The van der Waals surface area contributed by atoms with Gasteiger partial charge in [-0.25, -0.2) is 33.6 Å². The van der Waals surface area contributed by atoms with Crippen LogP contribution >= 0.6 is 34.8 Å². The highest BCUT2D eigenvalue weighted by Gasteiger charge is 2.61. The molecule has 0 aromatic heterocycles. The number of halogens is 3. The number of ether oxygens (including phenoxy) is 20. The highest BCUT2D eigenvalue weighted by molar-refractivity contribution is 6.76. The maximum atomic E-state index is 14.8. The monoisotopic (exact) mass is 1730 g/mol. The molecule has 11 rings (SSSR count). The van der Waals surface area contributed by atoms with E-state index in [0.29, 0.717) is 0 Å². The van der Waals surface area contributed by atoms with Gasteiger partial charge in [0, 0.05) is 34.6 Å². The first-order valence-electron chi connectivity index (χ1n) is 37.5. The Morgan fingerprint density at radius 3 is 0.851 bits per heavy atom. The molecule has 4 aliphatic heterocycles. The average molecular weight is 1730 g/mol. The van der Waals surface area contributed by atoms with Crippen molar-refractivity contribution in [2.75, 3.05) is 19.8 Å². The van der Waals surface area contributed by atoms with Crippen LogP contribution in [0.3, 0.4) is 0 Å². The molecular weight excluding hydrogens is 1650 g/mol. The van der Waals surface area contributed by atoms with E-state index in [1.807, 2.05) is 0 Å². The third-order valence-corrected chi connectivity index (χ3v) is 19.1. The molecule has 0 unspecified atom stereocenters. The van der Waals surface area contributed by atoms with E-state index in [-0.39, 0.29) is 38.9 Å². The van der Waals surface area contributed by atoms with Crippen LogP contribution in [0.1, 0.15) is 114 Å². The van der Waals surface area contributed by atoms with Gasteiger partial charge < -0.3 is 94.7 Å². The molecule has 0 saturated carbocycles. The zero-order valence-electron chi connectivity index (χ0n) is 65.1. The normalized spacial score (nSPS) is 26.2. The maximum Gasteiger partial charge on any atom is 0.338 e. The zero-order chi connectivity index (χ0) is 86.6. The van der Waals surface area contributed by atoms with Crippen LogP contribution in [-0.4, -0.2) is 224 Å². The van der Waals surface area contributed by atoms with Crippen molar-refractivity contribution in [2.45, 2.75) is 168 Å². The average Bonchev–Trinajstić information content (AvgIpc) is 0.770. The van der Waals surface area contributed by atoms with E-state index in [2.05, 4.69) is 0 Å². The standard InChI is InChI=1S/C85H80Cl3NO32/c1-45-61(106-46(2)90)65(108-48(4)92)71(110-50(6)94)82(105-45)120-68-62(107-47(3)91)59(43-104-81-70(118-78(100)56-38-24-12-25-39-56)66(116-76(98)54-34-20-10-21-35-54)63(114-74(96)52-30-16-8-17-31-52)58(111-81)42-102-73(95)51-28-14-7-15-29-51)112-80(69(68)109-49(5)93)103-44-60-64(115-75(97)53-32-18-9-19-33-53)67(117-77(99)55-36-22-11-23-37-55)72(83(113-60)121-84(89)85(86,87)88)119-79(101)57-40-26-13-27-41-57/h7-41,45,58-72,80-83,89H,42-44H2,1-6H3/t45-,58+,59+,60+,61+,62-,63-,64-,65+,66-,67-,68-,69+,70+,71-,72+,80+,81+,82-,83+/m0/s1. The fraction of sp³-hybridized carbons (Fsp3) is 0.353. The Kier molecular flexibility index (Phi) is 31.2. The van der Waals surface area contributed by atoms with E-state index < -0.39 is 224 Å². The second-order valence-corrected chi connectivity index (χ2v) is 29.6. The summed E-state index contributed by atoms with van der Waals surface area (Å²) in [4.78, 5) is 170. The second-order valence-electron chi connectivity index (χ2n) is 27.3. The SMILES string of the molecule is CC(=O)O[C@H]1[C@H](OC(C)=O)[C@H](O[C@H]2[C@@H](OC(C)=O)[C@@H](CO[C@@H]3O[C@H](COC(=O)c4ccccc4)[C@H](OC(=O)c4ccccc4)[C@H](OC(=O)c4ccccc4)[C@H]3OC(=O)c3ccccc3)O[C@@H](OC[C@H]3O[C@H](OC(=N)C(Cl)(Cl)Cl)[C@H](OC(=O)c4ccccc4)[C@@H](OC(=O)c4ccccc4)[C@H]3OC(=O)c3ccccc3)[C@@H]2OC(C)=O)O[C@@H](C)[C@H]1OC(C)=O. The Bertz CT molecular complexity index is 4770. The summed E-state index contributed by atoms with van der Waals surface area (Å²) in [5, 5.41) is 8.87. The maximum absolute atomic E-state index is 14.8. The fourth-order valence-corrected chi connectivity index (χ4v) is 13.4. The highest BCUT2D eigenvalue weighted by atomic mass is 35.6. The van der Waals surface area contributed by atoms with Gasteiger partial charge in [-0.3, -0.25) is 29.4 Å². The quantitative estimate of drug-likeness (QED) is 0.0150. The van der Waals surface area contributed by atoms with Crippen LogP contribution in [0.5, 0.6) is 0 Å². The van der Waals surface area contributed by atoms with Crippen LogP contribution in [0.25, 0.3) is 0 Å². The van der Waals surface area contributed by atoms with E-state index in [0.717, 1.165) is 34.6 Å². The van der Waals surface area contributed by atoms with Gasteiger partial charge in [0.25, 0.3) is 3.79 Å². The third-order valence-electron chi connectivity index (χ3n) is 18.5. The van der Waals surface area contributed by atoms with Gasteiger partial charge in [0.15, 0.2) is 79.9 Å². The van der Waals surface area contributed by atoms with Crippen LogP contribution in [0.2, 0.25) is 0 Å². The number of rotatable bonds is 29. The minimum absolute atomic E-state index is 0.0305. The summed E-state index contributed by atoms with van der Waals surface area (Å²) in [6, 6.07) is 51.5. The minimum atomic E-state index is -2.73. The summed E-state index contributed by atoms with van der Waals surface area (Å²) in [6.45, 7) is 3.05. The Labute approximate surface area is 705 Å². The zero-order valence-corrected chi connectivity index (χ0v) is 67.3. The lowest BCUT2D eigenvalue weighted by Crippen LogP contribution is -2.67. The van der Waals surface area contributed by atoms with Crippen molar-refractivity contribution in [3.05, 3.63) is 251 Å². The minimum Gasteiger partial charge on any atom is -0.459 e. The molecule has 121 heavy (non-hydrogen) atoms. The van der Waals surface area contributed by atoms with Gasteiger partial charge in [-0.05, 0) is 91.9 Å². The molecule has 0 bridgehead atoms. The van der Waals surface area contributed by atoms with Crippen LogP contribution in [-0.2, 0) is 119 Å². The van der Waals surface area contributed by atoms with Gasteiger partial charge >= 0.3 is 71.6 Å². The van der Waals surface area contributed by atoms with Crippen molar-refractivity contribution < 1.29 is 152 Å². The number of carbonyl (C=O) groups is 12. The Hall–Kier alpha value is -11.8. The van der Waals surface area contributed by atoms with E-state index in [1.165, 1.54) is 165 Å². The molecule has 0 spiro atoms. The smallest absolute Gasteiger partial charge is 0.338 e. The molecule has 1 N–H and O–H groups in total. The van der Waals surface area contributed by atoms with Gasteiger partial charge in [-0.1, -0.05) is 162 Å². The molecule has 4 aliphatic rings. The van der Waals surface area contributed by atoms with Gasteiger partial charge in [0.1, 0.15) is 31.0 Å². The first-order valence-corrected chi connectivity index (χ1v) is 38.6. The molecule has 0 amide bonds. The van der Waals surface area contributed by atoms with Crippen molar-refractivity contribution in [2.24, 2.45) is 0 Å². The van der Waals surface area contributed by atoms with Gasteiger partial charge in [0.2, 0.25) is 18.3 Å². The second kappa shape index (κ2) is 42.0. The molecule has 4 saturated heterocycles. The van der Waals surface area contributed by atoms with Crippen molar-refractivity contribution in [3.63, 3.8) is 0 Å². The lowest BCUT2D eigenvalue weighted by atomic mass is 9.95. The fourth-order valence-electron chi connectivity index (χ4n) is 13.2. The predicted octanol–water partition coefficient (Wildman–Crippen LogP) is 9.56. The molecule has 0 aliphatic carbocycles. The lowest BCUT2D eigenvalue weighted by molar-refractivity contribution is -0.368. The number of carbonyl (C=O) groups excluding carboxylic acids is 12. The van der Waals surface area contributed by atoms with Gasteiger partial charge in [0.05, 0.1) is 58.3 Å². The van der Waals surface area contributed by atoms with E-state index in [4.69, 9.17) is 135 Å². The summed E-state index contributed by atoms with van der Waals surface area (Å²) in [7, 11) is 0. The number of hydrogen-bond donors (Lipinski definition) is 1. The van der Waals surface area contributed by atoms with Gasteiger partial charge in [-0.2, -0.15) is 0 Å². The summed E-state index contributed by atoms with van der Waals surface area (Å²) < 4.78 is 123. The molecule has 638 valence electrons. The van der Waals surface area contributed by atoms with Crippen LogP contribution in [0.4, 0.5) is 0 Å². The Morgan fingerprint density at radius 1 is 0.281 bits per heavy atom. The third kappa shape index (κ3) is 24.1. The number of alkyl halides is 3. The van der Waals surface area contributed by atoms with Gasteiger partial charge in [-0.15, -0.1) is 0 Å². The van der Waals surface area contributed by atoms with Crippen LogP contribution in [0, 0.1) is 5.41 Å². The van der Waals surface area contributed by atoms with Crippen LogP contribution in [0.15, 0.2) is 212 Å². The lowest BCUT2D eigenvalue weighted by Gasteiger charge is -2.49. The molecule has 7 aromatic carbocycles. The first kappa shape index (κ1) is 90.0. The Balaban J connectivity index is 1.07. The Morgan fingerprint density at radius 2 is 0.521 bits per heavy atom. The van der Waals surface area contributed by atoms with E-state index in [1.54, 1.807) is 54.6 Å². The molecule has 20 atom stereocenters.